The average Bonchev–Trinajstić information content (AvgIpc) is 2.37. The van der Waals surface area contributed by atoms with Crippen molar-refractivity contribution < 1.29 is 14.3 Å². The normalized spacial score (nSPS) is 10.7. The summed E-state index contributed by atoms with van der Waals surface area (Å²) in [5, 5.41) is 5.60. The molecule has 0 bridgehead atoms. The molecule has 0 atom stereocenters. The van der Waals surface area contributed by atoms with E-state index < -0.39 is 11.7 Å². The van der Waals surface area contributed by atoms with E-state index in [1.54, 1.807) is 39.0 Å². The number of halogens is 1. The van der Waals surface area contributed by atoms with Crippen LogP contribution in [0.4, 0.5) is 10.5 Å². The quantitative estimate of drug-likeness (QED) is 0.837. The molecule has 0 unspecified atom stereocenters. The molecule has 0 aliphatic carbocycles. The lowest BCUT2D eigenvalue weighted by molar-refractivity contribution is -0.111. The maximum absolute atomic E-state index is 11.5. The van der Waals surface area contributed by atoms with Crippen LogP contribution in [-0.4, -0.2) is 17.6 Å². The Morgan fingerprint density at radius 3 is 2.57 bits per heavy atom. The molecule has 6 heteroatoms. The van der Waals surface area contributed by atoms with E-state index in [-0.39, 0.29) is 12.5 Å². The first-order valence-corrected chi connectivity index (χ1v) is 6.78. The standard InChI is InChI=1S/C15H19ClN2O3/c1-5-13(19)18-12-7-6-10(8-11(12)16)9-17-14(20)21-15(2,3)4/h5-8H,1,9H2,2-4H3,(H,17,20)(H,18,19). The van der Waals surface area contributed by atoms with E-state index in [1.165, 1.54) is 0 Å². The minimum Gasteiger partial charge on any atom is -0.444 e. The number of carbonyl (C=O) groups is 2. The molecular weight excluding hydrogens is 292 g/mol. The Bertz CT molecular complexity index is 550. The van der Waals surface area contributed by atoms with E-state index in [1.807, 2.05) is 0 Å². The topological polar surface area (TPSA) is 67.4 Å². The Kier molecular flexibility index (Phi) is 5.79. The van der Waals surface area contributed by atoms with E-state index in [2.05, 4.69) is 17.2 Å². The fraction of sp³-hybridized carbons (Fsp3) is 0.333. The van der Waals surface area contributed by atoms with E-state index >= 15 is 0 Å². The molecule has 1 aromatic rings. The Hall–Kier alpha value is -2.01. The lowest BCUT2D eigenvalue weighted by Crippen LogP contribution is -2.32. The molecule has 0 fully saturated rings. The third kappa shape index (κ3) is 6.31. The molecule has 2 amide bonds. The van der Waals surface area contributed by atoms with Gasteiger partial charge in [-0.1, -0.05) is 24.2 Å². The Labute approximate surface area is 129 Å². The van der Waals surface area contributed by atoms with Gasteiger partial charge in [-0.3, -0.25) is 4.79 Å². The van der Waals surface area contributed by atoms with Crippen LogP contribution in [0.25, 0.3) is 0 Å². The number of amides is 2. The molecule has 0 aromatic heterocycles. The third-order valence-electron chi connectivity index (χ3n) is 2.31. The maximum Gasteiger partial charge on any atom is 0.407 e. The minimum absolute atomic E-state index is 0.282. The van der Waals surface area contributed by atoms with Gasteiger partial charge in [-0.05, 0) is 44.5 Å². The molecule has 0 spiro atoms. The summed E-state index contributed by atoms with van der Waals surface area (Å²) in [6, 6.07) is 5.08. The van der Waals surface area contributed by atoms with Crippen LogP contribution in [0.3, 0.4) is 0 Å². The van der Waals surface area contributed by atoms with E-state index in [9.17, 15) is 9.59 Å². The first kappa shape index (κ1) is 17.0. The lowest BCUT2D eigenvalue weighted by atomic mass is 10.2. The van der Waals surface area contributed by atoms with Gasteiger partial charge >= 0.3 is 6.09 Å². The van der Waals surface area contributed by atoms with Crippen LogP contribution in [0.15, 0.2) is 30.9 Å². The van der Waals surface area contributed by atoms with Gasteiger partial charge in [0.05, 0.1) is 10.7 Å². The van der Waals surface area contributed by atoms with Crippen LogP contribution in [0.5, 0.6) is 0 Å². The molecule has 2 N–H and O–H groups in total. The molecule has 0 saturated carbocycles. The van der Waals surface area contributed by atoms with Crippen molar-refractivity contribution in [2.75, 3.05) is 5.32 Å². The second kappa shape index (κ2) is 7.13. The molecule has 0 saturated heterocycles. The monoisotopic (exact) mass is 310 g/mol. The predicted octanol–water partition coefficient (Wildman–Crippen LogP) is 3.49. The molecule has 0 radical (unpaired) electrons. The first-order valence-electron chi connectivity index (χ1n) is 6.40. The van der Waals surface area contributed by atoms with Crippen LogP contribution in [-0.2, 0) is 16.1 Å². The molecule has 0 aliphatic rings. The van der Waals surface area contributed by atoms with Crippen LogP contribution in [0, 0.1) is 0 Å². The molecular formula is C15H19ClN2O3. The zero-order chi connectivity index (χ0) is 16.0. The molecule has 0 aliphatic heterocycles. The minimum atomic E-state index is -0.541. The van der Waals surface area contributed by atoms with Gasteiger partial charge in [0.1, 0.15) is 5.60 Å². The number of nitrogens with one attached hydrogen (secondary N) is 2. The number of hydrogen-bond acceptors (Lipinski definition) is 3. The van der Waals surface area contributed by atoms with E-state index in [4.69, 9.17) is 16.3 Å². The Balaban J connectivity index is 2.62. The number of alkyl carbamates (subject to hydrolysis) is 1. The SMILES string of the molecule is C=CC(=O)Nc1ccc(CNC(=O)OC(C)(C)C)cc1Cl. The van der Waals surface area contributed by atoms with Crippen molar-refractivity contribution in [3.63, 3.8) is 0 Å². The van der Waals surface area contributed by atoms with Crippen molar-refractivity contribution in [3.8, 4) is 0 Å². The highest BCUT2D eigenvalue weighted by molar-refractivity contribution is 6.33. The van der Waals surface area contributed by atoms with Gasteiger partial charge in [0, 0.05) is 6.54 Å². The molecule has 5 nitrogen and oxygen atoms in total. The van der Waals surface area contributed by atoms with E-state index in [0.29, 0.717) is 10.7 Å². The summed E-state index contributed by atoms with van der Waals surface area (Å²) in [5.41, 5.74) is 0.741. The molecule has 114 valence electrons. The summed E-state index contributed by atoms with van der Waals surface area (Å²) in [6.45, 7) is 9.02. The van der Waals surface area contributed by atoms with Crippen molar-refractivity contribution in [3.05, 3.63) is 41.4 Å². The zero-order valence-corrected chi connectivity index (χ0v) is 13.1. The summed E-state index contributed by atoms with van der Waals surface area (Å²) >= 11 is 6.06. The number of ether oxygens (including phenoxy) is 1. The molecule has 1 rings (SSSR count). The number of carbonyl (C=O) groups excluding carboxylic acids is 2. The van der Waals surface area contributed by atoms with Gasteiger partial charge in [0.2, 0.25) is 5.91 Å². The summed E-state index contributed by atoms with van der Waals surface area (Å²) in [4.78, 5) is 22.7. The molecule has 0 heterocycles. The van der Waals surface area contributed by atoms with Gasteiger partial charge in [-0.25, -0.2) is 4.79 Å². The summed E-state index contributed by atoms with van der Waals surface area (Å²) in [7, 11) is 0. The number of benzene rings is 1. The first-order chi connectivity index (χ1) is 9.71. The van der Waals surface area contributed by atoms with Crippen LogP contribution in [0.2, 0.25) is 5.02 Å². The molecule has 1 aromatic carbocycles. The van der Waals surface area contributed by atoms with Gasteiger partial charge < -0.3 is 15.4 Å². The van der Waals surface area contributed by atoms with Crippen LogP contribution >= 0.6 is 11.6 Å². The second-order valence-corrected chi connectivity index (χ2v) is 5.77. The zero-order valence-electron chi connectivity index (χ0n) is 12.3. The second-order valence-electron chi connectivity index (χ2n) is 5.36. The van der Waals surface area contributed by atoms with Gasteiger partial charge in [-0.15, -0.1) is 0 Å². The Morgan fingerprint density at radius 1 is 1.38 bits per heavy atom. The summed E-state index contributed by atoms with van der Waals surface area (Å²) in [6.07, 6.45) is 0.663. The fourth-order valence-electron chi connectivity index (χ4n) is 1.44. The molecule has 21 heavy (non-hydrogen) atoms. The van der Waals surface area contributed by atoms with Gasteiger partial charge in [-0.2, -0.15) is 0 Å². The van der Waals surface area contributed by atoms with Gasteiger partial charge in [0.15, 0.2) is 0 Å². The number of rotatable bonds is 4. The maximum atomic E-state index is 11.5. The number of hydrogen-bond donors (Lipinski definition) is 2. The van der Waals surface area contributed by atoms with Gasteiger partial charge in [0.25, 0.3) is 0 Å². The fourth-order valence-corrected chi connectivity index (χ4v) is 1.69. The van der Waals surface area contributed by atoms with Crippen molar-refractivity contribution in [1.82, 2.24) is 5.32 Å². The average molecular weight is 311 g/mol. The highest BCUT2D eigenvalue weighted by atomic mass is 35.5. The highest BCUT2D eigenvalue weighted by Crippen LogP contribution is 2.23. The summed E-state index contributed by atoms with van der Waals surface area (Å²) < 4.78 is 5.13. The smallest absolute Gasteiger partial charge is 0.407 e. The van der Waals surface area contributed by atoms with Crippen molar-refractivity contribution in [2.45, 2.75) is 32.9 Å². The highest BCUT2D eigenvalue weighted by Gasteiger charge is 2.15. The lowest BCUT2D eigenvalue weighted by Gasteiger charge is -2.19. The predicted molar refractivity (Wildman–Crippen MR) is 83.4 cm³/mol. The van der Waals surface area contributed by atoms with E-state index in [0.717, 1.165) is 11.6 Å². The third-order valence-corrected chi connectivity index (χ3v) is 2.63. The van der Waals surface area contributed by atoms with Crippen LogP contribution in [0.1, 0.15) is 26.3 Å². The Morgan fingerprint density at radius 2 is 2.05 bits per heavy atom. The van der Waals surface area contributed by atoms with Crippen LogP contribution < -0.4 is 10.6 Å². The van der Waals surface area contributed by atoms with Crippen molar-refractivity contribution >= 4 is 29.3 Å². The largest absolute Gasteiger partial charge is 0.444 e. The van der Waals surface area contributed by atoms with Crippen molar-refractivity contribution in [1.29, 1.82) is 0 Å². The van der Waals surface area contributed by atoms with Crippen molar-refractivity contribution in [2.24, 2.45) is 0 Å². The number of anilines is 1. The summed E-state index contributed by atoms with van der Waals surface area (Å²) in [5.74, 6) is -0.337.